The van der Waals surface area contributed by atoms with Gasteiger partial charge in [0.25, 0.3) is 0 Å². The number of aromatic nitrogens is 1. The van der Waals surface area contributed by atoms with Crippen LogP contribution in [0.15, 0.2) is 29.6 Å². The molecule has 2 amide bonds. The Morgan fingerprint density at radius 3 is 2.56 bits per heavy atom. The first-order chi connectivity index (χ1) is 11.8. The summed E-state index contributed by atoms with van der Waals surface area (Å²) < 4.78 is 0. The van der Waals surface area contributed by atoms with E-state index in [4.69, 9.17) is 0 Å². The molecule has 2 aromatic rings. The van der Waals surface area contributed by atoms with Gasteiger partial charge < -0.3 is 10.6 Å². The van der Waals surface area contributed by atoms with Gasteiger partial charge in [0.05, 0.1) is 12.2 Å². The molecule has 136 valence electrons. The quantitative estimate of drug-likeness (QED) is 0.700. The van der Waals surface area contributed by atoms with Crippen LogP contribution in [0.25, 0.3) is 0 Å². The fourth-order valence-electron chi connectivity index (χ4n) is 2.07. The highest BCUT2D eigenvalue weighted by molar-refractivity contribution is 7.98. The van der Waals surface area contributed by atoms with Gasteiger partial charge in [-0.15, -0.1) is 11.3 Å². The zero-order valence-electron chi connectivity index (χ0n) is 15.4. The number of urea groups is 1. The maximum atomic E-state index is 11.8. The number of nitrogens with zero attached hydrogens (tertiary/aromatic N) is 1. The Morgan fingerprint density at radius 1 is 1.20 bits per heavy atom. The van der Waals surface area contributed by atoms with E-state index in [9.17, 15) is 4.79 Å². The van der Waals surface area contributed by atoms with Gasteiger partial charge in [0, 0.05) is 28.8 Å². The van der Waals surface area contributed by atoms with Crippen molar-refractivity contribution in [3.05, 3.63) is 51.5 Å². The van der Waals surface area contributed by atoms with Crippen LogP contribution in [-0.2, 0) is 17.7 Å². The fourth-order valence-corrected chi connectivity index (χ4v) is 3.85. The molecular weight excluding hydrogens is 350 g/mol. The molecule has 2 rings (SSSR count). The highest BCUT2D eigenvalue weighted by Crippen LogP contribution is 2.23. The lowest BCUT2D eigenvalue weighted by Crippen LogP contribution is -2.36. The van der Waals surface area contributed by atoms with Crippen LogP contribution in [0.1, 0.15) is 42.6 Å². The van der Waals surface area contributed by atoms with Crippen LogP contribution in [-0.4, -0.2) is 23.3 Å². The van der Waals surface area contributed by atoms with Crippen LogP contribution in [0.2, 0.25) is 0 Å². The number of thiazole rings is 1. The first kappa shape index (κ1) is 19.8. The normalized spacial score (nSPS) is 11.4. The van der Waals surface area contributed by atoms with Gasteiger partial charge in [-0.1, -0.05) is 50.6 Å². The maximum absolute atomic E-state index is 11.8. The molecule has 0 aliphatic rings. The number of hydrogen-bond donors (Lipinski definition) is 2. The number of thioether (sulfide) groups is 1. The van der Waals surface area contributed by atoms with Gasteiger partial charge in [-0.05, 0) is 12.5 Å². The molecule has 0 spiro atoms. The SMILES string of the molecule is Cc1ccc(CSCCNC(=O)NCc2nc(C(C)(C)C)cs2)cc1. The minimum Gasteiger partial charge on any atom is -0.337 e. The number of rotatable bonds is 7. The van der Waals surface area contributed by atoms with Gasteiger partial charge >= 0.3 is 6.03 Å². The van der Waals surface area contributed by atoms with Gasteiger partial charge in [-0.25, -0.2) is 9.78 Å². The summed E-state index contributed by atoms with van der Waals surface area (Å²) in [5, 5.41) is 8.76. The van der Waals surface area contributed by atoms with E-state index < -0.39 is 0 Å². The summed E-state index contributed by atoms with van der Waals surface area (Å²) in [5.74, 6) is 1.87. The largest absolute Gasteiger partial charge is 0.337 e. The number of hydrogen-bond acceptors (Lipinski definition) is 4. The average molecular weight is 378 g/mol. The lowest BCUT2D eigenvalue weighted by molar-refractivity contribution is 0.241. The molecule has 0 bridgehead atoms. The van der Waals surface area contributed by atoms with Crippen molar-refractivity contribution in [2.75, 3.05) is 12.3 Å². The first-order valence-electron chi connectivity index (χ1n) is 8.44. The molecular formula is C19H27N3OS2. The zero-order chi connectivity index (χ0) is 18.3. The van der Waals surface area contributed by atoms with Gasteiger partial charge in [0.15, 0.2) is 0 Å². The molecule has 1 aromatic heterocycles. The summed E-state index contributed by atoms with van der Waals surface area (Å²) in [5.41, 5.74) is 3.72. The second kappa shape index (κ2) is 9.25. The first-order valence-corrected chi connectivity index (χ1v) is 10.5. The Bertz CT molecular complexity index is 675. The topological polar surface area (TPSA) is 54.0 Å². The summed E-state index contributed by atoms with van der Waals surface area (Å²) in [7, 11) is 0. The van der Waals surface area contributed by atoms with Crippen LogP contribution in [0.5, 0.6) is 0 Å². The minimum absolute atomic E-state index is 0.0473. The van der Waals surface area contributed by atoms with E-state index >= 15 is 0 Å². The summed E-state index contributed by atoms with van der Waals surface area (Å²) in [4.78, 5) is 16.4. The third kappa shape index (κ3) is 7.08. The third-order valence-electron chi connectivity index (χ3n) is 3.64. The summed E-state index contributed by atoms with van der Waals surface area (Å²) >= 11 is 3.41. The fraction of sp³-hybridized carbons (Fsp3) is 0.474. The second-order valence-corrected chi connectivity index (χ2v) is 9.07. The molecule has 0 unspecified atom stereocenters. The van der Waals surface area contributed by atoms with Crippen molar-refractivity contribution in [1.82, 2.24) is 15.6 Å². The maximum Gasteiger partial charge on any atom is 0.315 e. The Kier molecular flexibility index (Phi) is 7.32. The van der Waals surface area contributed by atoms with Gasteiger partial charge in [0.2, 0.25) is 0 Å². The molecule has 25 heavy (non-hydrogen) atoms. The van der Waals surface area contributed by atoms with Crippen molar-refractivity contribution in [2.24, 2.45) is 0 Å². The molecule has 0 saturated carbocycles. The van der Waals surface area contributed by atoms with E-state index in [0.717, 1.165) is 22.2 Å². The molecule has 0 aliphatic heterocycles. The van der Waals surface area contributed by atoms with Gasteiger partial charge in [-0.2, -0.15) is 11.8 Å². The summed E-state index contributed by atoms with van der Waals surface area (Å²) in [6.45, 7) is 9.65. The standard InChI is InChI=1S/C19H27N3OS2/c1-14-5-7-15(8-6-14)12-24-10-9-20-18(23)21-11-17-22-16(13-25-17)19(2,3)4/h5-8,13H,9-12H2,1-4H3,(H2,20,21,23). The van der Waals surface area contributed by atoms with Crippen LogP contribution < -0.4 is 10.6 Å². The van der Waals surface area contributed by atoms with Crippen molar-refractivity contribution in [2.45, 2.75) is 45.4 Å². The predicted octanol–water partition coefficient (Wildman–Crippen LogP) is 4.48. The number of amides is 2. The Morgan fingerprint density at radius 2 is 1.92 bits per heavy atom. The van der Waals surface area contributed by atoms with Crippen LogP contribution >= 0.6 is 23.1 Å². The molecule has 0 saturated heterocycles. The lowest BCUT2D eigenvalue weighted by atomic mass is 9.93. The number of carbonyl (C=O) groups is 1. The Balaban J connectivity index is 1.59. The van der Waals surface area contributed by atoms with Crippen LogP contribution in [0, 0.1) is 6.92 Å². The zero-order valence-corrected chi connectivity index (χ0v) is 17.0. The van der Waals surface area contributed by atoms with Gasteiger partial charge in [0.1, 0.15) is 5.01 Å². The molecule has 0 fully saturated rings. The summed E-state index contributed by atoms with van der Waals surface area (Å²) in [6, 6.07) is 8.43. The third-order valence-corrected chi connectivity index (χ3v) is 5.52. The molecule has 1 aromatic carbocycles. The number of nitrogens with one attached hydrogen (secondary N) is 2. The van der Waals surface area contributed by atoms with Crippen molar-refractivity contribution in [1.29, 1.82) is 0 Å². The van der Waals surface area contributed by atoms with E-state index in [-0.39, 0.29) is 11.4 Å². The molecule has 2 N–H and O–H groups in total. The van der Waals surface area contributed by atoms with Crippen LogP contribution in [0.4, 0.5) is 4.79 Å². The Hall–Kier alpha value is -1.53. The highest BCUT2D eigenvalue weighted by atomic mass is 32.2. The molecule has 4 nitrogen and oxygen atoms in total. The molecule has 0 atom stereocenters. The lowest BCUT2D eigenvalue weighted by Gasteiger charge is -2.14. The molecule has 6 heteroatoms. The molecule has 1 heterocycles. The smallest absolute Gasteiger partial charge is 0.315 e. The number of aryl methyl sites for hydroxylation is 1. The van der Waals surface area contributed by atoms with E-state index in [1.807, 2.05) is 11.8 Å². The molecule has 0 radical (unpaired) electrons. The Labute approximate surface area is 158 Å². The monoisotopic (exact) mass is 377 g/mol. The van der Waals surface area contributed by atoms with Gasteiger partial charge in [-0.3, -0.25) is 0 Å². The van der Waals surface area contributed by atoms with E-state index in [2.05, 4.69) is 73.0 Å². The van der Waals surface area contributed by atoms with Crippen molar-refractivity contribution < 1.29 is 4.79 Å². The average Bonchev–Trinajstić information content (AvgIpc) is 3.04. The summed E-state index contributed by atoms with van der Waals surface area (Å²) in [6.07, 6.45) is 0. The van der Waals surface area contributed by atoms with Crippen molar-refractivity contribution in [3.8, 4) is 0 Å². The van der Waals surface area contributed by atoms with E-state index in [1.165, 1.54) is 11.1 Å². The van der Waals surface area contributed by atoms with Crippen molar-refractivity contribution >= 4 is 29.1 Å². The minimum atomic E-state index is -0.136. The second-order valence-electron chi connectivity index (χ2n) is 7.02. The van der Waals surface area contributed by atoms with E-state index in [1.54, 1.807) is 11.3 Å². The number of carbonyl (C=O) groups excluding carboxylic acids is 1. The highest BCUT2D eigenvalue weighted by Gasteiger charge is 2.17. The van der Waals surface area contributed by atoms with E-state index in [0.29, 0.717) is 13.1 Å². The van der Waals surface area contributed by atoms with Crippen molar-refractivity contribution in [3.63, 3.8) is 0 Å². The van der Waals surface area contributed by atoms with Crippen LogP contribution in [0.3, 0.4) is 0 Å². The predicted molar refractivity (Wildman–Crippen MR) is 108 cm³/mol. The number of benzene rings is 1. The molecule has 0 aliphatic carbocycles.